The zero-order chi connectivity index (χ0) is 17.4. The zero-order valence-corrected chi connectivity index (χ0v) is 15.7. The Kier molecular flexibility index (Phi) is 3.36. The second-order valence-electron chi connectivity index (χ2n) is 10.5. The molecule has 134 valence electrons. The van der Waals surface area contributed by atoms with Gasteiger partial charge >= 0.3 is 0 Å². The molecule has 4 rings (SSSR count). The normalized spacial score (nSPS) is 52.3. The van der Waals surface area contributed by atoms with Crippen molar-refractivity contribution in [1.82, 2.24) is 0 Å². The summed E-state index contributed by atoms with van der Waals surface area (Å²) in [5.74, 6) is 1.15. The number of carbonyl (C=O) groups excluding carboxylic acids is 2. The molecule has 0 unspecified atom stereocenters. The topological polar surface area (TPSA) is 43.4 Å². The maximum Gasteiger partial charge on any atom is 0.293 e. The van der Waals surface area contributed by atoms with Gasteiger partial charge in [-0.2, -0.15) is 0 Å². The van der Waals surface area contributed by atoms with Crippen LogP contribution in [0.3, 0.4) is 0 Å². The molecule has 0 radical (unpaired) electrons. The lowest BCUT2D eigenvalue weighted by atomic mass is 9.39. The third-order valence-electron chi connectivity index (χ3n) is 8.81. The molecule has 4 aliphatic carbocycles. The van der Waals surface area contributed by atoms with Crippen LogP contribution in [0.1, 0.15) is 79.1 Å². The Balaban J connectivity index is 1.82. The monoisotopic (exact) mass is 332 g/mol. The minimum Gasteiger partial charge on any atom is -0.463 e. The summed E-state index contributed by atoms with van der Waals surface area (Å²) in [5, 5.41) is 0. The largest absolute Gasteiger partial charge is 0.463 e. The highest BCUT2D eigenvalue weighted by Crippen LogP contribution is 2.73. The summed E-state index contributed by atoms with van der Waals surface area (Å²) in [4.78, 5) is 24.6. The fourth-order valence-corrected chi connectivity index (χ4v) is 8.21. The molecular formula is C21H32O3. The minimum absolute atomic E-state index is 0.0620. The Morgan fingerprint density at radius 1 is 1.04 bits per heavy atom. The number of hydrogen-bond donors (Lipinski definition) is 0. The second kappa shape index (κ2) is 4.86. The van der Waals surface area contributed by atoms with Crippen molar-refractivity contribution in [2.45, 2.75) is 85.2 Å². The van der Waals surface area contributed by atoms with Crippen molar-refractivity contribution in [3.05, 3.63) is 0 Å². The highest BCUT2D eigenvalue weighted by Gasteiger charge is 2.71. The van der Waals surface area contributed by atoms with Gasteiger partial charge in [-0.05, 0) is 55.3 Å². The standard InChI is InChI=1S/C21H32O3/c1-18(2)7-5-8-20(4)15-6-9-19(3)10-11-21(15,17(19)24-13-22)12-14(23)16(18)20/h13,15-17H,5-12H2,1-4H3/t15-,16+,17+,19+,20-,21-/m1/s1. The van der Waals surface area contributed by atoms with E-state index in [-0.39, 0.29) is 33.7 Å². The van der Waals surface area contributed by atoms with E-state index >= 15 is 0 Å². The third kappa shape index (κ3) is 1.85. The summed E-state index contributed by atoms with van der Waals surface area (Å²) >= 11 is 0. The van der Waals surface area contributed by atoms with Gasteiger partial charge in [0, 0.05) is 23.2 Å². The molecule has 0 heterocycles. The molecule has 4 fully saturated rings. The fraction of sp³-hybridized carbons (Fsp3) is 0.905. The van der Waals surface area contributed by atoms with Crippen LogP contribution in [0, 0.1) is 33.5 Å². The van der Waals surface area contributed by atoms with Gasteiger partial charge in [-0.15, -0.1) is 0 Å². The molecule has 0 aromatic rings. The van der Waals surface area contributed by atoms with Crippen molar-refractivity contribution in [2.24, 2.45) is 33.5 Å². The van der Waals surface area contributed by atoms with Crippen molar-refractivity contribution in [2.75, 3.05) is 0 Å². The zero-order valence-electron chi connectivity index (χ0n) is 15.7. The van der Waals surface area contributed by atoms with E-state index in [0.29, 0.717) is 24.6 Å². The first-order chi connectivity index (χ1) is 11.2. The van der Waals surface area contributed by atoms with Crippen LogP contribution in [-0.2, 0) is 14.3 Å². The highest BCUT2D eigenvalue weighted by atomic mass is 16.5. The Labute approximate surface area is 145 Å². The summed E-state index contributed by atoms with van der Waals surface area (Å²) in [5.41, 5.74) is 0.161. The van der Waals surface area contributed by atoms with E-state index in [1.54, 1.807) is 0 Å². The van der Waals surface area contributed by atoms with Crippen LogP contribution in [-0.4, -0.2) is 18.4 Å². The molecule has 6 atom stereocenters. The SMILES string of the molecule is CC1(C)CCC[C@]2(C)[C@H]3CC[C@@]4(C)CC[C@]3(CC(=O)[C@@H]12)[C@H]4OC=O. The predicted octanol–water partition coefficient (Wildman–Crippen LogP) is 4.53. The van der Waals surface area contributed by atoms with Gasteiger partial charge in [0.15, 0.2) is 0 Å². The van der Waals surface area contributed by atoms with E-state index in [4.69, 9.17) is 4.74 Å². The number of carbonyl (C=O) groups is 2. The van der Waals surface area contributed by atoms with Crippen LogP contribution in [0.4, 0.5) is 0 Å². The lowest BCUT2D eigenvalue weighted by Crippen LogP contribution is -2.64. The summed E-state index contributed by atoms with van der Waals surface area (Å²) in [6, 6.07) is 0. The molecule has 4 aliphatic rings. The molecule has 24 heavy (non-hydrogen) atoms. The van der Waals surface area contributed by atoms with Gasteiger partial charge in [0.25, 0.3) is 6.47 Å². The number of fused-ring (bicyclic) bond motifs is 3. The highest BCUT2D eigenvalue weighted by molar-refractivity contribution is 5.85. The van der Waals surface area contributed by atoms with E-state index in [9.17, 15) is 9.59 Å². The minimum atomic E-state index is -0.0936. The van der Waals surface area contributed by atoms with Gasteiger partial charge in [0.1, 0.15) is 11.9 Å². The van der Waals surface area contributed by atoms with Crippen LogP contribution < -0.4 is 0 Å². The van der Waals surface area contributed by atoms with Crippen molar-refractivity contribution in [3.8, 4) is 0 Å². The average Bonchev–Trinajstić information content (AvgIpc) is 2.63. The maximum absolute atomic E-state index is 13.4. The molecule has 0 N–H and O–H groups in total. The van der Waals surface area contributed by atoms with Crippen molar-refractivity contribution < 1.29 is 14.3 Å². The van der Waals surface area contributed by atoms with Crippen molar-refractivity contribution >= 4 is 12.3 Å². The molecule has 0 aromatic heterocycles. The van der Waals surface area contributed by atoms with Gasteiger partial charge in [-0.1, -0.05) is 34.1 Å². The molecule has 3 heteroatoms. The second-order valence-corrected chi connectivity index (χ2v) is 10.5. The molecule has 1 spiro atoms. The first-order valence-corrected chi connectivity index (χ1v) is 9.82. The summed E-state index contributed by atoms with van der Waals surface area (Å²) in [6.45, 7) is 9.90. The lowest BCUT2D eigenvalue weighted by Gasteiger charge is -2.64. The van der Waals surface area contributed by atoms with Crippen LogP contribution >= 0.6 is 0 Å². The van der Waals surface area contributed by atoms with Crippen molar-refractivity contribution in [3.63, 3.8) is 0 Å². The summed E-state index contributed by atoms with van der Waals surface area (Å²) in [7, 11) is 0. The Bertz CT molecular complexity index is 582. The van der Waals surface area contributed by atoms with E-state index in [1.165, 1.54) is 12.8 Å². The Morgan fingerprint density at radius 2 is 1.79 bits per heavy atom. The van der Waals surface area contributed by atoms with E-state index in [1.807, 2.05) is 0 Å². The molecule has 3 nitrogen and oxygen atoms in total. The Morgan fingerprint density at radius 3 is 2.50 bits per heavy atom. The van der Waals surface area contributed by atoms with Gasteiger partial charge in [-0.3, -0.25) is 9.59 Å². The van der Waals surface area contributed by atoms with Crippen molar-refractivity contribution in [1.29, 1.82) is 0 Å². The van der Waals surface area contributed by atoms with E-state index in [2.05, 4.69) is 27.7 Å². The number of ether oxygens (including phenoxy) is 1. The predicted molar refractivity (Wildman–Crippen MR) is 92.3 cm³/mol. The smallest absolute Gasteiger partial charge is 0.293 e. The van der Waals surface area contributed by atoms with Crippen LogP contribution in [0.15, 0.2) is 0 Å². The van der Waals surface area contributed by atoms with Gasteiger partial charge in [0.2, 0.25) is 0 Å². The van der Waals surface area contributed by atoms with E-state index < -0.39 is 0 Å². The Hall–Kier alpha value is -0.860. The molecule has 4 saturated carbocycles. The van der Waals surface area contributed by atoms with Crippen LogP contribution in [0.25, 0.3) is 0 Å². The number of Topliss-reactive ketones (excluding diaryl/α,β-unsaturated/α-hetero) is 1. The lowest BCUT2D eigenvalue weighted by molar-refractivity contribution is -0.204. The van der Waals surface area contributed by atoms with Gasteiger partial charge < -0.3 is 4.74 Å². The number of rotatable bonds is 2. The first-order valence-electron chi connectivity index (χ1n) is 9.82. The molecular weight excluding hydrogens is 300 g/mol. The molecule has 0 aliphatic heterocycles. The van der Waals surface area contributed by atoms with Crippen LogP contribution in [0.2, 0.25) is 0 Å². The quantitative estimate of drug-likeness (QED) is 0.698. The molecule has 2 bridgehead atoms. The maximum atomic E-state index is 13.4. The fourth-order valence-electron chi connectivity index (χ4n) is 8.21. The summed E-state index contributed by atoms with van der Waals surface area (Å²) in [6.07, 6.45) is 8.59. The third-order valence-corrected chi connectivity index (χ3v) is 8.81. The summed E-state index contributed by atoms with van der Waals surface area (Å²) < 4.78 is 5.73. The van der Waals surface area contributed by atoms with Gasteiger partial charge in [0.05, 0.1) is 0 Å². The first kappa shape index (κ1) is 16.6. The number of ketones is 1. The van der Waals surface area contributed by atoms with Gasteiger partial charge in [-0.25, -0.2) is 0 Å². The molecule has 0 amide bonds. The molecule has 0 saturated heterocycles. The van der Waals surface area contributed by atoms with Crippen LogP contribution in [0.5, 0.6) is 0 Å². The number of hydrogen-bond acceptors (Lipinski definition) is 3. The van der Waals surface area contributed by atoms with E-state index in [0.717, 1.165) is 32.1 Å². The average molecular weight is 332 g/mol. The molecule has 0 aromatic carbocycles.